The predicted octanol–water partition coefficient (Wildman–Crippen LogP) is 3.64. The van der Waals surface area contributed by atoms with Gasteiger partial charge in [0.15, 0.2) is 28.9 Å². The van der Waals surface area contributed by atoms with Gasteiger partial charge in [0, 0.05) is 60.6 Å². The first kappa shape index (κ1) is 29.6. The molecule has 2 saturated heterocycles. The number of aryl methyl sites for hydroxylation is 1. The van der Waals surface area contributed by atoms with Crippen LogP contribution in [0.1, 0.15) is 72.3 Å². The second-order valence-electron chi connectivity index (χ2n) is 13.7. The molecular weight excluding hydrogens is 631 g/mol. The summed E-state index contributed by atoms with van der Waals surface area (Å²) < 4.78 is 13.3. The number of carbonyl (C=O) groups excluding carboxylic acids is 1. The van der Waals surface area contributed by atoms with Gasteiger partial charge in [-0.05, 0) is 63.4 Å². The lowest BCUT2D eigenvalue weighted by Gasteiger charge is -2.39. The molecule has 1 saturated carbocycles. The largest absolute Gasteiger partial charge is 0.389 e. The fourth-order valence-corrected chi connectivity index (χ4v) is 9.33. The Morgan fingerprint density at radius 2 is 2.04 bits per heavy atom. The second kappa shape index (κ2) is 11.3. The third-order valence-electron chi connectivity index (χ3n) is 10.7. The number of nitrogen functional groups attached to an aromatic ring is 1. The van der Waals surface area contributed by atoms with Crippen LogP contribution in [0.4, 0.5) is 21.4 Å². The van der Waals surface area contributed by atoms with Crippen LogP contribution < -0.4 is 26.6 Å². The smallest absolute Gasteiger partial charge is 0.320 e. The van der Waals surface area contributed by atoms with Gasteiger partial charge in [-0.2, -0.15) is 5.26 Å². The Hall–Kier alpha value is -4.52. The first-order valence-electron chi connectivity index (χ1n) is 16.9. The van der Waals surface area contributed by atoms with Gasteiger partial charge in [0.2, 0.25) is 0 Å². The zero-order valence-corrected chi connectivity index (χ0v) is 27.4. The molecule has 2 spiro atoms. The van der Waals surface area contributed by atoms with E-state index in [1.807, 2.05) is 6.07 Å². The van der Waals surface area contributed by atoms with Crippen molar-refractivity contribution in [2.75, 3.05) is 48.8 Å². The molecule has 0 radical (unpaired) electrons. The Balaban J connectivity index is 1.10. The maximum atomic E-state index is 12.6. The zero-order valence-electron chi connectivity index (χ0n) is 26.5. The number of nitriles is 1. The van der Waals surface area contributed by atoms with Crippen molar-refractivity contribution in [2.24, 2.45) is 0 Å². The van der Waals surface area contributed by atoms with Gasteiger partial charge in [-0.25, -0.2) is 19.4 Å². The molecule has 4 aromatic heterocycles. The summed E-state index contributed by atoms with van der Waals surface area (Å²) in [4.78, 5) is 26.2. The van der Waals surface area contributed by atoms with E-state index in [1.54, 1.807) is 16.9 Å². The van der Waals surface area contributed by atoms with E-state index in [-0.39, 0.29) is 17.6 Å². The van der Waals surface area contributed by atoms with Gasteiger partial charge in [-0.3, -0.25) is 5.32 Å². The lowest BCUT2D eigenvalue weighted by atomic mass is 9.63. The zero-order chi connectivity index (χ0) is 32.5. The van der Waals surface area contributed by atoms with Gasteiger partial charge in [-0.15, -0.1) is 16.4 Å². The quantitative estimate of drug-likeness (QED) is 0.244. The van der Waals surface area contributed by atoms with Crippen molar-refractivity contribution in [3.05, 3.63) is 45.7 Å². The van der Waals surface area contributed by atoms with Gasteiger partial charge < -0.3 is 30.5 Å². The number of nitrogens with one attached hydrogen (secondary N) is 3. The highest BCUT2D eigenvalue weighted by atomic mass is 32.1. The summed E-state index contributed by atoms with van der Waals surface area (Å²) >= 11 is 1.53. The highest BCUT2D eigenvalue weighted by Crippen LogP contribution is 2.55. The first-order valence-corrected chi connectivity index (χ1v) is 17.7. The molecule has 0 bridgehead atoms. The average Bonchev–Trinajstić information content (AvgIpc) is 3.61. The van der Waals surface area contributed by atoms with Crippen LogP contribution in [0, 0.1) is 11.3 Å². The molecule has 3 fully saturated rings. The summed E-state index contributed by atoms with van der Waals surface area (Å²) in [6.45, 7) is 3.71. The van der Waals surface area contributed by atoms with Gasteiger partial charge in [0.05, 0.1) is 23.6 Å². The molecule has 4 aromatic rings. The lowest BCUT2D eigenvalue weighted by molar-refractivity contribution is 0.189. The minimum absolute atomic E-state index is 0.0100. The number of amides is 2. The molecule has 9 rings (SSSR count). The van der Waals surface area contributed by atoms with Crippen molar-refractivity contribution in [1.29, 1.82) is 5.26 Å². The van der Waals surface area contributed by atoms with Crippen LogP contribution in [-0.2, 0) is 23.0 Å². The summed E-state index contributed by atoms with van der Waals surface area (Å²) in [5, 5.41) is 29.5. The van der Waals surface area contributed by atoms with Crippen LogP contribution in [0.2, 0.25) is 0 Å². The molecule has 6 heterocycles. The van der Waals surface area contributed by atoms with E-state index in [9.17, 15) is 10.1 Å². The number of aromatic nitrogens is 5. The second-order valence-corrected chi connectivity index (χ2v) is 14.9. The Bertz CT molecular complexity index is 1950. The summed E-state index contributed by atoms with van der Waals surface area (Å²) in [7, 11) is 0. The number of carbonyl (C=O) groups is 1. The maximum absolute atomic E-state index is 12.6. The number of anilines is 3. The van der Waals surface area contributed by atoms with E-state index >= 15 is 0 Å². The van der Waals surface area contributed by atoms with Gasteiger partial charge >= 0.3 is 6.03 Å². The molecule has 2 amide bonds. The number of hydrogen-bond acceptors (Lipinski definition) is 12. The van der Waals surface area contributed by atoms with E-state index in [0.717, 1.165) is 100 Å². The number of hydrogen-bond donors (Lipinski definition) is 4. The van der Waals surface area contributed by atoms with E-state index in [0.29, 0.717) is 46.9 Å². The molecule has 2 atom stereocenters. The lowest BCUT2D eigenvalue weighted by Crippen LogP contribution is -2.52. The Labute approximate surface area is 281 Å². The first-order chi connectivity index (χ1) is 23.4. The maximum Gasteiger partial charge on any atom is 0.320 e. The van der Waals surface area contributed by atoms with Gasteiger partial charge in [0.25, 0.3) is 0 Å². The van der Waals surface area contributed by atoms with Crippen LogP contribution in [-0.4, -0.2) is 75.4 Å². The van der Waals surface area contributed by atoms with Crippen LogP contribution in [0.15, 0.2) is 22.9 Å². The molecule has 0 aromatic carbocycles. The molecule has 14 nitrogen and oxygen atoms in total. The van der Waals surface area contributed by atoms with E-state index in [4.69, 9.17) is 25.0 Å². The fraction of sp³-hybridized carbons (Fsp3) is 0.515. The molecule has 5 N–H and O–H groups in total. The van der Waals surface area contributed by atoms with E-state index in [2.05, 4.69) is 37.2 Å². The van der Waals surface area contributed by atoms with Crippen LogP contribution in [0.3, 0.4) is 0 Å². The predicted molar refractivity (Wildman–Crippen MR) is 178 cm³/mol. The summed E-state index contributed by atoms with van der Waals surface area (Å²) in [6.07, 6.45) is 10.3. The third-order valence-corrected chi connectivity index (χ3v) is 11.7. The number of ether oxygens (including phenoxy) is 1. The summed E-state index contributed by atoms with van der Waals surface area (Å²) in [5.41, 5.74) is 9.32. The Morgan fingerprint density at radius 1 is 1.19 bits per heavy atom. The monoisotopic (exact) mass is 667 g/mol. The number of nitrogens with two attached hydrogens (primary N) is 1. The van der Waals surface area contributed by atoms with Crippen molar-refractivity contribution in [2.45, 2.75) is 74.8 Å². The normalized spacial score (nSPS) is 23.9. The number of nitrogens with zero attached hydrogens (tertiary/aromatic N) is 7. The topological polar surface area (TPSA) is 185 Å². The van der Waals surface area contributed by atoms with E-state index in [1.165, 1.54) is 16.2 Å². The van der Waals surface area contributed by atoms with Gasteiger partial charge in [-0.1, -0.05) is 5.16 Å². The molecule has 48 heavy (non-hydrogen) atoms. The molecule has 15 heteroatoms. The number of rotatable bonds is 5. The molecular formula is C33H37N11O3S. The highest BCUT2D eigenvalue weighted by molar-refractivity contribution is 7.16. The number of piperazine rings is 1. The molecule has 5 aliphatic rings. The summed E-state index contributed by atoms with van der Waals surface area (Å²) in [5.74, 6) is 3.06. The van der Waals surface area contributed by atoms with Crippen LogP contribution in [0.25, 0.3) is 17.3 Å². The van der Waals surface area contributed by atoms with Crippen LogP contribution >= 0.6 is 11.3 Å². The SMILES string of the molecule is N#Cc1c(N)sc2c1C1(CCC2)CCCc2c(-c3nc(N4CCNC5(CC5)C4)cc(-n4ccc(NC(=O)N[C@H]5CCOC5)n4)n3)noc21. The van der Waals surface area contributed by atoms with Gasteiger partial charge in [0.1, 0.15) is 16.9 Å². The number of thiophene rings is 1. The molecule has 2 aliphatic heterocycles. The molecule has 1 unspecified atom stereocenters. The number of fused-ring (bicyclic) bond motifs is 4. The van der Waals surface area contributed by atoms with E-state index < -0.39 is 5.41 Å². The highest BCUT2D eigenvalue weighted by Gasteiger charge is 2.49. The number of urea groups is 1. The minimum atomic E-state index is -0.434. The van der Waals surface area contributed by atoms with Crippen molar-refractivity contribution in [3.8, 4) is 23.4 Å². The van der Waals surface area contributed by atoms with Crippen molar-refractivity contribution >= 4 is 34.0 Å². The Morgan fingerprint density at radius 3 is 2.85 bits per heavy atom. The molecule has 3 aliphatic carbocycles. The standard InChI is InChI=1S/C33H37N11O3S/c34-16-21-26-22(48-29(21)35)4-2-8-33(26)7-1-3-20-27(42-47-28(20)33)30-39-24(43-13-11-36-32(18-43)9-10-32)15-25(40-30)44-12-5-23(41-44)38-31(45)37-19-6-14-46-17-19/h5,12,15,19,36H,1-4,6-11,13-14,17-18,35H2,(H2,37,38,41,45)/t19-,33?/m0/s1. The average molecular weight is 668 g/mol. The fourth-order valence-electron chi connectivity index (χ4n) is 8.17. The molecule has 248 valence electrons. The van der Waals surface area contributed by atoms with Crippen molar-refractivity contribution < 1.29 is 14.1 Å². The Kier molecular flexibility index (Phi) is 6.96. The third kappa shape index (κ3) is 4.92. The van der Waals surface area contributed by atoms with Crippen molar-refractivity contribution in [3.63, 3.8) is 0 Å². The minimum Gasteiger partial charge on any atom is -0.389 e. The van der Waals surface area contributed by atoms with Crippen molar-refractivity contribution in [1.82, 2.24) is 35.5 Å². The summed E-state index contributed by atoms with van der Waals surface area (Å²) in [6, 6.07) is 5.77. The van der Waals surface area contributed by atoms with Crippen LogP contribution in [0.5, 0.6) is 0 Å².